The molecule has 3 aromatic rings. The van der Waals surface area contributed by atoms with Crippen LogP contribution in [0.15, 0.2) is 51.8 Å². The summed E-state index contributed by atoms with van der Waals surface area (Å²) in [6.07, 6.45) is 4.20. The highest BCUT2D eigenvalue weighted by Crippen LogP contribution is 2.36. The van der Waals surface area contributed by atoms with Gasteiger partial charge >= 0.3 is 0 Å². The number of aryl methyl sites for hydroxylation is 3. The van der Waals surface area contributed by atoms with E-state index in [2.05, 4.69) is 4.72 Å². The summed E-state index contributed by atoms with van der Waals surface area (Å²) in [5.41, 5.74) is 3.39. The minimum Gasteiger partial charge on any atom is -0.459 e. The summed E-state index contributed by atoms with van der Waals surface area (Å²) >= 11 is 0. The molecule has 4 nitrogen and oxygen atoms in total. The highest BCUT2D eigenvalue weighted by molar-refractivity contribution is 7.92. The predicted octanol–water partition coefficient (Wildman–Crippen LogP) is 4.42. The first-order chi connectivity index (χ1) is 11.5. The van der Waals surface area contributed by atoms with E-state index in [0.717, 1.165) is 42.4 Å². The third-order valence-electron chi connectivity index (χ3n) is 4.56. The fraction of sp³-hybridized carbons (Fsp3) is 0.263. The first-order valence-corrected chi connectivity index (χ1v) is 9.66. The van der Waals surface area contributed by atoms with Crippen molar-refractivity contribution in [2.75, 3.05) is 4.72 Å². The average molecular weight is 341 g/mol. The molecule has 1 heterocycles. The smallest absolute Gasteiger partial charge is 0.262 e. The molecule has 0 saturated carbocycles. The zero-order valence-electron chi connectivity index (χ0n) is 13.5. The van der Waals surface area contributed by atoms with E-state index in [1.165, 1.54) is 5.56 Å². The van der Waals surface area contributed by atoms with Gasteiger partial charge in [0.15, 0.2) is 5.58 Å². The largest absolute Gasteiger partial charge is 0.459 e. The number of para-hydroxylation sites is 1. The zero-order chi connectivity index (χ0) is 16.7. The van der Waals surface area contributed by atoms with Crippen molar-refractivity contribution in [3.8, 4) is 0 Å². The lowest BCUT2D eigenvalue weighted by Crippen LogP contribution is -2.13. The summed E-state index contributed by atoms with van der Waals surface area (Å²) in [6.45, 7) is 1.93. The number of rotatable bonds is 3. The van der Waals surface area contributed by atoms with E-state index < -0.39 is 10.0 Å². The number of sulfonamides is 1. The normalized spacial score (nSPS) is 14.5. The Morgan fingerprint density at radius 1 is 1.00 bits per heavy atom. The van der Waals surface area contributed by atoms with Gasteiger partial charge in [-0.15, -0.1) is 0 Å². The molecule has 0 radical (unpaired) electrons. The summed E-state index contributed by atoms with van der Waals surface area (Å²) in [6, 6.07) is 12.5. The summed E-state index contributed by atoms with van der Waals surface area (Å²) in [7, 11) is -3.63. The molecule has 0 amide bonds. The van der Waals surface area contributed by atoms with Crippen LogP contribution in [0.1, 0.15) is 29.7 Å². The summed E-state index contributed by atoms with van der Waals surface area (Å²) in [4.78, 5) is 0.251. The SMILES string of the molecule is Cc1ccc(S(=O)(=O)Nc2cccc3c4c(oc23)CCCC4)cc1. The molecule has 1 aliphatic carbocycles. The molecule has 2 aromatic carbocycles. The van der Waals surface area contributed by atoms with Crippen LogP contribution in [-0.4, -0.2) is 8.42 Å². The molecular weight excluding hydrogens is 322 g/mol. The number of hydrogen-bond acceptors (Lipinski definition) is 3. The number of nitrogens with one attached hydrogen (secondary N) is 1. The van der Waals surface area contributed by atoms with Crippen LogP contribution in [0.2, 0.25) is 0 Å². The molecular formula is C19H19NO3S. The van der Waals surface area contributed by atoms with Gasteiger partial charge in [0.25, 0.3) is 10.0 Å². The summed E-state index contributed by atoms with van der Waals surface area (Å²) in [5.74, 6) is 0.998. The molecule has 1 aliphatic rings. The molecule has 1 aromatic heterocycles. The number of furan rings is 1. The highest BCUT2D eigenvalue weighted by atomic mass is 32.2. The summed E-state index contributed by atoms with van der Waals surface area (Å²) < 4.78 is 34.0. The minimum absolute atomic E-state index is 0.251. The van der Waals surface area contributed by atoms with Gasteiger partial charge in [0.2, 0.25) is 0 Å². The van der Waals surface area contributed by atoms with Crippen LogP contribution in [0.3, 0.4) is 0 Å². The lowest BCUT2D eigenvalue weighted by molar-refractivity contribution is 0.506. The van der Waals surface area contributed by atoms with Crippen molar-refractivity contribution in [3.63, 3.8) is 0 Å². The van der Waals surface area contributed by atoms with Crippen LogP contribution in [-0.2, 0) is 22.9 Å². The maximum atomic E-state index is 12.6. The van der Waals surface area contributed by atoms with Crippen molar-refractivity contribution < 1.29 is 12.8 Å². The fourth-order valence-corrected chi connectivity index (χ4v) is 4.35. The van der Waals surface area contributed by atoms with E-state index in [0.29, 0.717) is 11.3 Å². The van der Waals surface area contributed by atoms with Crippen molar-refractivity contribution in [3.05, 3.63) is 59.4 Å². The van der Waals surface area contributed by atoms with Crippen LogP contribution < -0.4 is 4.72 Å². The van der Waals surface area contributed by atoms with Crippen LogP contribution in [0.4, 0.5) is 5.69 Å². The molecule has 0 aliphatic heterocycles. The standard InChI is InChI=1S/C19H19NO3S/c1-13-9-11-14(12-10-13)24(21,22)20-17-7-4-6-16-15-5-2-3-8-18(15)23-19(16)17/h4,6-7,9-12,20H,2-3,5,8H2,1H3. The lowest BCUT2D eigenvalue weighted by atomic mass is 9.96. The van der Waals surface area contributed by atoms with Crippen molar-refractivity contribution in [1.29, 1.82) is 0 Å². The first kappa shape index (κ1) is 15.3. The molecule has 1 N–H and O–H groups in total. The van der Waals surface area contributed by atoms with Gasteiger partial charge in [-0.3, -0.25) is 4.72 Å². The Balaban J connectivity index is 1.77. The minimum atomic E-state index is -3.63. The maximum absolute atomic E-state index is 12.6. The zero-order valence-corrected chi connectivity index (χ0v) is 14.3. The van der Waals surface area contributed by atoms with E-state index in [1.54, 1.807) is 30.3 Å². The van der Waals surface area contributed by atoms with Crippen LogP contribution in [0.5, 0.6) is 0 Å². The third kappa shape index (κ3) is 2.59. The Morgan fingerprint density at radius 3 is 2.54 bits per heavy atom. The van der Waals surface area contributed by atoms with E-state index in [4.69, 9.17) is 4.42 Å². The van der Waals surface area contributed by atoms with Crippen molar-refractivity contribution in [1.82, 2.24) is 0 Å². The molecule has 124 valence electrons. The van der Waals surface area contributed by atoms with E-state index in [-0.39, 0.29) is 4.90 Å². The van der Waals surface area contributed by atoms with Crippen molar-refractivity contribution in [2.24, 2.45) is 0 Å². The van der Waals surface area contributed by atoms with E-state index in [9.17, 15) is 8.42 Å². The van der Waals surface area contributed by atoms with Crippen LogP contribution in [0, 0.1) is 6.92 Å². The Morgan fingerprint density at radius 2 is 1.75 bits per heavy atom. The van der Waals surface area contributed by atoms with Gasteiger partial charge in [0, 0.05) is 17.4 Å². The lowest BCUT2D eigenvalue weighted by Gasteiger charge is -2.09. The average Bonchev–Trinajstić information content (AvgIpc) is 2.95. The first-order valence-electron chi connectivity index (χ1n) is 8.17. The van der Waals surface area contributed by atoms with Gasteiger partial charge in [-0.25, -0.2) is 8.42 Å². The van der Waals surface area contributed by atoms with Gasteiger partial charge < -0.3 is 4.42 Å². The second-order valence-electron chi connectivity index (χ2n) is 6.31. The number of benzene rings is 2. The Kier molecular flexibility index (Phi) is 3.61. The second kappa shape index (κ2) is 5.67. The Labute approximate surface area is 141 Å². The Bertz CT molecular complexity index is 1000. The quantitative estimate of drug-likeness (QED) is 0.767. The second-order valence-corrected chi connectivity index (χ2v) is 7.99. The fourth-order valence-electron chi connectivity index (χ4n) is 3.28. The molecule has 0 unspecified atom stereocenters. The van der Waals surface area contributed by atoms with Gasteiger partial charge in [0.1, 0.15) is 5.76 Å². The van der Waals surface area contributed by atoms with Gasteiger partial charge in [-0.05, 0) is 44.4 Å². The van der Waals surface area contributed by atoms with Crippen molar-refractivity contribution in [2.45, 2.75) is 37.5 Å². The van der Waals surface area contributed by atoms with Gasteiger partial charge in [-0.2, -0.15) is 0 Å². The molecule has 0 fully saturated rings. The molecule has 0 saturated heterocycles. The molecule has 24 heavy (non-hydrogen) atoms. The Hall–Kier alpha value is -2.27. The van der Waals surface area contributed by atoms with Crippen molar-refractivity contribution >= 4 is 26.7 Å². The predicted molar refractivity (Wildman–Crippen MR) is 94.8 cm³/mol. The monoisotopic (exact) mass is 341 g/mol. The summed E-state index contributed by atoms with van der Waals surface area (Å²) in [5, 5.41) is 1.02. The molecule has 0 spiro atoms. The highest BCUT2D eigenvalue weighted by Gasteiger charge is 2.21. The van der Waals surface area contributed by atoms with Crippen LogP contribution in [0.25, 0.3) is 11.0 Å². The van der Waals surface area contributed by atoms with Crippen LogP contribution >= 0.6 is 0 Å². The molecule has 4 rings (SSSR count). The topological polar surface area (TPSA) is 59.3 Å². The van der Waals surface area contributed by atoms with E-state index >= 15 is 0 Å². The number of anilines is 1. The number of hydrogen-bond donors (Lipinski definition) is 1. The third-order valence-corrected chi connectivity index (χ3v) is 5.94. The van der Waals surface area contributed by atoms with E-state index in [1.807, 2.05) is 19.1 Å². The number of fused-ring (bicyclic) bond motifs is 3. The van der Waals surface area contributed by atoms with Gasteiger partial charge in [0.05, 0.1) is 10.6 Å². The van der Waals surface area contributed by atoms with Gasteiger partial charge in [-0.1, -0.05) is 29.8 Å². The maximum Gasteiger partial charge on any atom is 0.262 e. The molecule has 5 heteroatoms. The molecule has 0 atom stereocenters. The molecule has 0 bridgehead atoms.